The minimum Gasteiger partial charge on any atom is -0.314 e. The van der Waals surface area contributed by atoms with Crippen LogP contribution in [0.1, 0.15) is 38.5 Å². The Hall–Kier alpha value is -1.47. The molecule has 2 bridgehead atoms. The van der Waals surface area contributed by atoms with Gasteiger partial charge in [-0.1, -0.05) is 0 Å². The maximum absolute atomic E-state index is 12.7. The molecule has 11 nitrogen and oxygen atoms in total. The highest BCUT2D eigenvalue weighted by molar-refractivity contribution is 7.80. The Kier molecular flexibility index (Phi) is 4.58. The average Bonchev–Trinajstić information content (AvgIpc) is 3.12. The lowest BCUT2D eigenvalue weighted by Gasteiger charge is -2.35. The number of hydroxylamine groups is 3. The second kappa shape index (κ2) is 6.55. The molecule has 2 aliphatic heterocycles. The van der Waals surface area contributed by atoms with Gasteiger partial charge in [0, 0.05) is 12.6 Å². The van der Waals surface area contributed by atoms with Gasteiger partial charge < -0.3 is 10.2 Å². The number of nitrogens with one attached hydrogen (secondary N) is 2. The molecule has 4 fully saturated rings. The zero-order valence-corrected chi connectivity index (χ0v) is 15.8. The fourth-order valence-electron chi connectivity index (χ4n) is 4.65. The largest absolute Gasteiger partial charge is 0.418 e. The first-order valence-corrected chi connectivity index (χ1v) is 10.5. The highest BCUT2D eigenvalue weighted by Crippen LogP contribution is 2.59. The Labute approximate surface area is 157 Å². The molecule has 2 saturated carbocycles. The molecule has 2 aliphatic carbocycles. The van der Waals surface area contributed by atoms with Crippen LogP contribution in [0.15, 0.2) is 0 Å². The Balaban J connectivity index is 1.45. The van der Waals surface area contributed by atoms with Crippen LogP contribution < -0.4 is 10.8 Å². The summed E-state index contributed by atoms with van der Waals surface area (Å²) >= 11 is 0. The molecule has 12 heteroatoms. The molecule has 1 spiro atoms. The molecule has 3 N–H and O–H groups in total. The first-order chi connectivity index (χ1) is 12.7. The lowest BCUT2D eigenvalue weighted by Crippen LogP contribution is -2.53. The summed E-state index contributed by atoms with van der Waals surface area (Å²) in [6.45, 7) is 0.176. The van der Waals surface area contributed by atoms with Crippen molar-refractivity contribution >= 4 is 22.3 Å². The molecule has 2 heterocycles. The maximum atomic E-state index is 12.7. The molecule has 4 rings (SSSR count). The van der Waals surface area contributed by atoms with Crippen LogP contribution >= 0.6 is 0 Å². The normalized spacial score (nSPS) is 34.4. The van der Waals surface area contributed by atoms with Gasteiger partial charge in [0.2, 0.25) is 0 Å². The number of nitrogens with zero attached hydrogens (tertiary/aromatic N) is 2. The zero-order valence-electron chi connectivity index (χ0n) is 15.0. The highest BCUT2D eigenvalue weighted by atomic mass is 32.3. The molecule has 152 valence electrons. The van der Waals surface area contributed by atoms with Crippen LogP contribution in [0.3, 0.4) is 0 Å². The summed E-state index contributed by atoms with van der Waals surface area (Å²) in [5, 5.41) is 3.86. The van der Waals surface area contributed by atoms with Crippen LogP contribution in [0, 0.1) is 5.41 Å². The van der Waals surface area contributed by atoms with Crippen LogP contribution in [0.4, 0.5) is 4.79 Å². The first kappa shape index (κ1) is 18.9. The van der Waals surface area contributed by atoms with Gasteiger partial charge in [-0.25, -0.2) is 10.3 Å². The molecule has 0 aromatic rings. The molecule has 2 saturated heterocycles. The van der Waals surface area contributed by atoms with Gasteiger partial charge in [0.05, 0.1) is 6.04 Å². The summed E-state index contributed by atoms with van der Waals surface area (Å²) < 4.78 is 35.6. The summed E-state index contributed by atoms with van der Waals surface area (Å²) in [6, 6.07) is -1.83. The van der Waals surface area contributed by atoms with Crippen LogP contribution in [0.5, 0.6) is 0 Å². The van der Waals surface area contributed by atoms with E-state index in [-0.39, 0.29) is 24.1 Å². The van der Waals surface area contributed by atoms with Crippen molar-refractivity contribution in [1.29, 1.82) is 0 Å². The smallest absolute Gasteiger partial charge is 0.314 e. The van der Waals surface area contributed by atoms with Gasteiger partial charge in [-0.3, -0.25) is 14.2 Å². The first-order valence-electron chi connectivity index (χ1n) is 9.14. The number of rotatable bonds is 6. The van der Waals surface area contributed by atoms with Crippen LogP contribution in [-0.4, -0.2) is 72.7 Å². The van der Waals surface area contributed by atoms with Crippen molar-refractivity contribution in [3.05, 3.63) is 0 Å². The van der Waals surface area contributed by atoms with Gasteiger partial charge in [-0.15, -0.1) is 4.28 Å². The van der Waals surface area contributed by atoms with Crippen LogP contribution in [0.25, 0.3) is 0 Å². The van der Waals surface area contributed by atoms with E-state index in [1.165, 1.54) is 4.90 Å². The van der Waals surface area contributed by atoms with E-state index >= 15 is 0 Å². The molecule has 0 aromatic carbocycles. The lowest BCUT2D eigenvalue weighted by molar-refractivity contribution is -0.145. The van der Waals surface area contributed by atoms with Crippen molar-refractivity contribution < 1.29 is 31.7 Å². The molecule has 4 atom stereocenters. The summed E-state index contributed by atoms with van der Waals surface area (Å²) in [5.41, 5.74) is 2.13. The van der Waals surface area contributed by atoms with Crippen molar-refractivity contribution in [3.63, 3.8) is 0 Å². The molecular formula is C15H24N4O7S. The van der Waals surface area contributed by atoms with E-state index < -0.39 is 34.4 Å². The highest BCUT2D eigenvalue weighted by Gasteiger charge is 2.65. The number of urea groups is 1. The summed E-state index contributed by atoms with van der Waals surface area (Å²) in [4.78, 5) is 32.1. The standard InChI is InChI=1S/C15H24N4O7S/c1-16-9-3-2-4-11(9)25-17-13(20)10-7-15(5-6-15)12-8-18(10)14(21)19(12)26-27(22,23)24/h9-12,16H,2-8H2,1H3,(H,17,20)(H,22,23,24). The van der Waals surface area contributed by atoms with Gasteiger partial charge >= 0.3 is 16.4 Å². The van der Waals surface area contributed by atoms with Crippen molar-refractivity contribution in [3.8, 4) is 0 Å². The topological polar surface area (TPSA) is 138 Å². The van der Waals surface area contributed by atoms with Crippen molar-refractivity contribution in [2.75, 3.05) is 13.6 Å². The van der Waals surface area contributed by atoms with E-state index in [1.807, 2.05) is 7.05 Å². The van der Waals surface area contributed by atoms with Crippen molar-refractivity contribution in [1.82, 2.24) is 20.8 Å². The molecular weight excluding hydrogens is 380 g/mol. The minimum absolute atomic E-state index is 0.126. The van der Waals surface area contributed by atoms with Crippen molar-refractivity contribution in [2.24, 2.45) is 5.41 Å². The van der Waals surface area contributed by atoms with Gasteiger partial charge in [0.25, 0.3) is 5.91 Å². The lowest BCUT2D eigenvalue weighted by atomic mass is 9.85. The summed E-state index contributed by atoms with van der Waals surface area (Å²) in [6.07, 6.45) is 4.62. The number of hydrogen-bond acceptors (Lipinski definition) is 7. The van der Waals surface area contributed by atoms with Gasteiger partial charge in [-0.2, -0.15) is 13.5 Å². The number of piperidine rings is 1. The number of carbonyl (C=O) groups excluding carboxylic acids is 2. The van der Waals surface area contributed by atoms with Crippen LogP contribution in [-0.2, 0) is 24.3 Å². The monoisotopic (exact) mass is 404 g/mol. The number of amides is 3. The van der Waals surface area contributed by atoms with Crippen molar-refractivity contribution in [2.45, 2.75) is 62.8 Å². The van der Waals surface area contributed by atoms with Gasteiger partial charge in [0.1, 0.15) is 12.1 Å². The maximum Gasteiger partial charge on any atom is 0.418 e. The van der Waals surface area contributed by atoms with E-state index in [4.69, 9.17) is 9.39 Å². The minimum atomic E-state index is -4.82. The number of fused-ring (bicyclic) bond motifs is 3. The third-order valence-corrected chi connectivity index (χ3v) is 6.62. The van der Waals surface area contributed by atoms with Gasteiger partial charge in [-0.05, 0) is 51.0 Å². The predicted octanol–water partition coefficient (Wildman–Crippen LogP) is -0.432. The quantitative estimate of drug-likeness (QED) is 0.400. The predicted molar refractivity (Wildman–Crippen MR) is 90.1 cm³/mol. The van der Waals surface area contributed by atoms with Crippen LogP contribution in [0.2, 0.25) is 0 Å². The SMILES string of the molecule is CNC1CCCC1ONC(=O)C1CC2(CC2)C2CN1C(=O)N2OS(=O)(=O)O. The molecule has 4 unspecified atom stereocenters. The number of hydrogen-bond donors (Lipinski definition) is 3. The molecule has 0 radical (unpaired) electrons. The summed E-state index contributed by atoms with van der Waals surface area (Å²) in [7, 11) is -2.98. The number of likely N-dealkylation sites (N-methyl/N-ethyl adjacent to an activating group) is 1. The Morgan fingerprint density at radius 1 is 1.33 bits per heavy atom. The molecule has 27 heavy (non-hydrogen) atoms. The molecule has 4 aliphatic rings. The average molecular weight is 404 g/mol. The number of carbonyl (C=O) groups is 2. The fourth-order valence-corrected chi connectivity index (χ4v) is 5.02. The Morgan fingerprint density at radius 2 is 2.07 bits per heavy atom. The third-order valence-electron chi connectivity index (χ3n) is 6.27. The van der Waals surface area contributed by atoms with Gasteiger partial charge in [0.15, 0.2) is 0 Å². The second-order valence-electron chi connectivity index (χ2n) is 7.81. The molecule has 0 aromatic heterocycles. The van der Waals surface area contributed by atoms with E-state index in [2.05, 4.69) is 15.1 Å². The summed E-state index contributed by atoms with van der Waals surface area (Å²) in [5.74, 6) is -0.427. The second-order valence-corrected chi connectivity index (χ2v) is 8.81. The van der Waals surface area contributed by atoms with E-state index in [9.17, 15) is 18.0 Å². The Bertz CT molecular complexity index is 740. The third kappa shape index (κ3) is 3.40. The fraction of sp³-hybridized carbons (Fsp3) is 0.867. The molecule has 3 amide bonds. The zero-order chi connectivity index (χ0) is 19.4. The van der Waals surface area contributed by atoms with E-state index in [0.717, 1.165) is 32.1 Å². The van der Waals surface area contributed by atoms with E-state index in [0.29, 0.717) is 11.5 Å². The Morgan fingerprint density at radius 3 is 2.70 bits per heavy atom. The van der Waals surface area contributed by atoms with E-state index in [1.54, 1.807) is 0 Å².